The standard InChI is InChI=1S/C19H17N5O2S/c25-16(22-13-6-7-13)10-12-2-4-14(5-3-12)23-18(26)15-11-27-19(24-15)17-20-8-1-9-21-17/h1-5,8-9,11,13H,6-7,10H2,(H,22,25)(H,23,26). The van der Waals surface area contributed by atoms with Gasteiger partial charge in [-0.05, 0) is 36.6 Å². The minimum absolute atomic E-state index is 0.0346. The van der Waals surface area contributed by atoms with E-state index in [-0.39, 0.29) is 11.8 Å². The molecule has 2 amide bonds. The van der Waals surface area contributed by atoms with Crippen molar-refractivity contribution in [2.24, 2.45) is 0 Å². The zero-order chi connectivity index (χ0) is 18.6. The van der Waals surface area contributed by atoms with Crippen LogP contribution in [0.4, 0.5) is 5.69 Å². The first-order valence-electron chi connectivity index (χ1n) is 8.60. The van der Waals surface area contributed by atoms with Crippen LogP contribution in [0.2, 0.25) is 0 Å². The Kier molecular flexibility index (Phi) is 4.88. The van der Waals surface area contributed by atoms with Crippen LogP contribution in [-0.4, -0.2) is 32.8 Å². The number of carbonyl (C=O) groups is 2. The van der Waals surface area contributed by atoms with Gasteiger partial charge in [-0.1, -0.05) is 12.1 Å². The van der Waals surface area contributed by atoms with Crippen molar-refractivity contribution in [3.05, 3.63) is 59.4 Å². The molecular formula is C19H17N5O2S. The molecule has 0 atom stereocenters. The van der Waals surface area contributed by atoms with Gasteiger partial charge in [-0.3, -0.25) is 9.59 Å². The van der Waals surface area contributed by atoms with E-state index in [4.69, 9.17) is 0 Å². The highest BCUT2D eigenvalue weighted by Gasteiger charge is 2.23. The van der Waals surface area contributed by atoms with Crippen LogP contribution in [0, 0.1) is 0 Å². The molecule has 0 radical (unpaired) electrons. The van der Waals surface area contributed by atoms with Crippen molar-refractivity contribution in [1.82, 2.24) is 20.3 Å². The molecule has 1 aliphatic rings. The molecular weight excluding hydrogens is 362 g/mol. The van der Waals surface area contributed by atoms with E-state index in [1.807, 2.05) is 12.1 Å². The third-order valence-electron chi connectivity index (χ3n) is 4.01. The molecule has 2 aromatic heterocycles. The van der Waals surface area contributed by atoms with Gasteiger partial charge in [-0.15, -0.1) is 11.3 Å². The highest BCUT2D eigenvalue weighted by molar-refractivity contribution is 7.13. The van der Waals surface area contributed by atoms with Crippen LogP contribution in [0.5, 0.6) is 0 Å². The predicted octanol–water partition coefficient (Wildman–Crippen LogP) is 2.67. The summed E-state index contributed by atoms with van der Waals surface area (Å²) in [4.78, 5) is 36.8. The van der Waals surface area contributed by atoms with E-state index >= 15 is 0 Å². The monoisotopic (exact) mass is 379 g/mol. The number of hydrogen-bond donors (Lipinski definition) is 2. The van der Waals surface area contributed by atoms with Crippen molar-refractivity contribution in [2.45, 2.75) is 25.3 Å². The van der Waals surface area contributed by atoms with Gasteiger partial charge in [0.25, 0.3) is 5.91 Å². The molecule has 0 aliphatic heterocycles. The largest absolute Gasteiger partial charge is 0.353 e. The van der Waals surface area contributed by atoms with Gasteiger partial charge in [-0.2, -0.15) is 0 Å². The van der Waals surface area contributed by atoms with Gasteiger partial charge in [0.05, 0.1) is 6.42 Å². The molecule has 2 N–H and O–H groups in total. The van der Waals surface area contributed by atoms with Crippen molar-refractivity contribution in [3.8, 4) is 10.8 Å². The van der Waals surface area contributed by atoms with E-state index in [1.165, 1.54) is 11.3 Å². The zero-order valence-electron chi connectivity index (χ0n) is 14.4. The second-order valence-corrected chi connectivity index (χ2v) is 7.14. The highest BCUT2D eigenvalue weighted by atomic mass is 32.1. The lowest BCUT2D eigenvalue weighted by Gasteiger charge is -2.06. The maximum atomic E-state index is 12.4. The van der Waals surface area contributed by atoms with Crippen molar-refractivity contribution in [1.29, 1.82) is 0 Å². The smallest absolute Gasteiger partial charge is 0.275 e. The summed E-state index contributed by atoms with van der Waals surface area (Å²) in [5.41, 5.74) is 1.87. The average Bonchev–Trinajstić information content (AvgIpc) is 3.34. The van der Waals surface area contributed by atoms with Crippen molar-refractivity contribution in [2.75, 3.05) is 5.32 Å². The Morgan fingerprint density at radius 2 is 1.85 bits per heavy atom. The summed E-state index contributed by atoms with van der Waals surface area (Å²) in [6.45, 7) is 0. The SMILES string of the molecule is O=C(Cc1ccc(NC(=O)c2csc(-c3ncccn3)n2)cc1)NC1CC1. The molecule has 8 heteroatoms. The second kappa shape index (κ2) is 7.63. The summed E-state index contributed by atoms with van der Waals surface area (Å²) in [7, 11) is 0. The van der Waals surface area contributed by atoms with Crippen LogP contribution in [0.1, 0.15) is 28.9 Å². The summed E-state index contributed by atoms with van der Waals surface area (Å²) in [6, 6.07) is 9.33. The number of aromatic nitrogens is 3. The van der Waals surface area contributed by atoms with Crippen LogP contribution < -0.4 is 10.6 Å². The lowest BCUT2D eigenvalue weighted by molar-refractivity contribution is -0.120. The van der Waals surface area contributed by atoms with Gasteiger partial charge < -0.3 is 10.6 Å². The molecule has 27 heavy (non-hydrogen) atoms. The summed E-state index contributed by atoms with van der Waals surface area (Å²) in [6.07, 6.45) is 5.76. The number of thiazole rings is 1. The van der Waals surface area contributed by atoms with Crippen LogP contribution in [-0.2, 0) is 11.2 Å². The number of rotatable bonds is 6. The normalized spacial score (nSPS) is 13.2. The number of hydrogen-bond acceptors (Lipinski definition) is 6. The van der Waals surface area contributed by atoms with Gasteiger partial charge in [0.1, 0.15) is 5.69 Å². The average molecular weight is 379 g/mol. The first kappa shape index (κ1) is 17.3. The van der Waals surface area contributed by atoms with E-state index < -0.39 is 0 Å². The van der Waals surface area contributed by atoms with Gasteiger partial charge in [0.2, 0.25) is 5.91 Å². The Morgan fingerprint density at radius 3 is 2.56 bits per heavy atom. The topological polar surface area (TPSA) is 96.9 Å². The Balaban J connectivity index is 1.36. The van der Waals surface area contributed by atoms with Crippen molar-refractivity contribution < 1.29 is 9.59 Å². The molecule has 1 aromatic carbocycles. The van der Waals surface area contributed by atoms with E-state index in [0.717, 1.165) is 18.4 Å². The molecule has 7 nitrogen and oxygen atoms in total. The van der Waals surface area contributed by atoms with E-state index in [1.54, 1.807) is 36.0 Å². The fraction of sp³-hybridized carbons (Fsp3) is 0.211. The number of carbonyl (C=O) groups excluding carboxylic acids is 2. The van der Waals surface area contributed by atoms with Gasteiger partial charge >= 0.3 is 0 Å². The lowest BCUT2D eigenvalue weighted by Crippen LogP contribution is -2.26. The van der Waals surface area contributed by atoms with Gasteiger partial charge in [0, 0.05) is 29.5 Å². The minimum atomic E-state index is -0.298. The number of nitrogens with zero attached hydrogens (tertiary/aromatic N) is 3. The molecule has 1 fully saturated rings. The minimum Gasteiger partial charge on any atom is -0.353 e. The summed E-state index contributed by atoms with van der Waals surface area (Å²) in [5.74, 6) is 0.232. The number of amides is 2. The maximum Gasteiger partial charge on any atom is 0.275 e. The third-order valence-corrected chi connectivity index (χ3v) is 4.85. The van der Waals surface area contributed by atoms with Gasteiger partial charge in [0.15, 0.2) is 10.8 Å². The van der Waals surface area contributed by atoms with Crippen molar-refractivity contribution >= 4 is 28.8 Å². The Bertz CT molecular complexity index is 952. The van der Waals surface area contributed by atoms with Crippen LogP contribution in [0.15, 0.2) is 48.1 Å². The van der Waals surface area contributed by atoms with Gasteiger partial charge in [-0.25, -0.2) is 15.0 Å². The predicted molar refractivity (Wildman–Crippen MR) is 102 cm³/mol. The Morgan fingerprint density at radius 1 is 1.11 bits per heavy atom. The van der Waals surface area contributed by atoms with Crippen molar-refractivity contribution in [3.63, 3.8) is 0 Å². The highest BCUT2D eigenvalue weighted by Crippen LogP contribution is 2.21. The maximum absolute atomic E-state index is 12.4. The molecule has 0 saturated heterocycles. The molecule has 3 aromatic rings. The van der Waals surface area contributed by atoms with E-state index in [2.05, 4.69) is 25.6 Å². The molecule has 136 valence electrons. The lowest BCUT2D eigenvalue weighted by atomic mass is 10.1. The summed E-state index contributed by atoms with van der Waals surface area (Å²) in [5, 5.41) is 8.04. The molecule has 0 spiro atoms. The summed E-state index contributed by atoms with van der Waals surface area (Å²) < 4.78 is 0. The molecule has 1 aliphatic carbocycles. The molecule has 4 rings (SSSR count). The molecule has 1 saturated carbocycles. The zero-order valence-corrected chi connectivity index (χ0v) is 15.2. The number of anilines is 1. The Labute approximate surface area is 159 Å². The fourth-order valence-corrected chi connectivity index (χ4v) is 3.23. The molecule has 0 bridgehead atoms. The van der Waals surface area contributed by atoms with E-state index in [9.17, 15) is 9.59 Å². The Hall–Kier alpha value is -3.13. The summed E-state index contributed by atoms with van der Waals surface area (Å²) >= 11 is 1.32. The number of nitrogens with one attached hydrogen (secondary N) is 2. The van der Waals surface area contributed by atoms with E-state index in [0.29, 0.717) is 34.7 Å². The molecule has 0 unspecified atom stereocenters. The first-order valence-corrected chi connectivity index (χ1v) is 9.48. The quantitative estimate of drug-likeness (QED) is 0.686. The van der Waals surface area contributed by atoms with Crippen LogP contribution in [0.25, 0.3) is 10.8 Å². The fourth-order valence-electron chi connectivity index (χ4n) is 2.48. The third kappa shape index (κ3) is 4.53. The van der Waals surface area contributed by atoms with Crippen LogP contribution in [0.3, 0.4) is 0 Å². The first-order chi connectivity index (χ1) is 13.2. The molecule has 2 heterocycles. The second-order valence-electron chi connectivity index (χ2n) is 6.28. The van der Waals surface area contributed by atoms with Crippen LogP contribution >= 0.6 is 11.3 Å². The number of benzene rings is 1.